The number of aromatic nitrogens is 4. The first kappa shape index (κ1) is 22.3. The Kier molecular flexibility index (Phi) is 7.02. The summed E-state index contributed by atoms with van der Waals surface area (Å²) in [5.41, 5.74) is 0.753. The van der Waals surface area contributed by atoms with E-state index in [2.05, 4.69) is 30.4 Å². The maximum Gasteiger partial charge on any atom is 0.229 e. The molecule has 2 fully saturated rings. The van der Waals surface area contributed by atoms with Crippen molar-refractivity contribution in [1.82, 2.24) is 24.5 Å². The van der Waals surface area contributed by atoms with Gasteiger partial charge in [-0.2, -0.15) is 10.1 Å². The molecule has 0 spiro atoms. The van der Waals surface area contributed by atoms with Gasteiger partial charge in [-0.25, -0.2) is 13.9 Å². The lowest BCUT2D eigenvalue weighted by atomic mass is 10.1. The summed E-state index contributed by atoms with van der Waals surface area (Å²) >= 11 is 6.29. The molecule has 2 aliphatic rings. The molecule has 0 radical (unpaired) electrons. The van der Waals surface area contributed by atoms with Crippen molar-refractivity contribution in [2.75, 3.05) is 36.3 Å². The van der Waals surface area contributed by atoms with Crippen LogP contribution < -0.4 is 15.4 Å². The first-order chi connectivity index (χ1) is 14.9. The molecule has 31 heavy (non-hydrogen) atoms. The van der Waals surface area contributed by atoms with Crippen molar-refractivity contribution in [3.8, 4) is 0 Å². The molecule has 0 aliphatic carbocycles. The number of alkyl halides is 1. The molecular formula is C18H25ClFN7O3S. The van der Waals surface area contributed by atoms with Crippen LogP contribution in [0.25, 0.3) is 0 Å². The molecule has 0 bridgehead atoms. The third-order valence-electron chi connectivity index (χ3n) is 5.06. The quantitative estimate of drug-likeness (QED) is 0.500. The monoisotopic (exact) mass is 473 g/mol. The molecule has 6 atom stereocenters. The van der Waals surface area contributed by atoms with Gasteiger partial charge in [-0.1, -0.05) is 18.5 Å². The highest BCUT2D eigenvalue weighted by Crippen LogP contribution is 2.31. The second kappa shape index (κ2) is 9.74. The van der Waals surface area contributed by atoms with E-state index in [4.69, 9.17) is 21.1 Å². The van der Waals surface area contributed by atoms with Crippen LogP contribution in [0.3, 0.4) is 0 Å². The van der Waals surface area contributed by atoms with E-state index in [-0.39, 0.29) is 36.0 Å². The first-order valence-corrected chi connectivity index (χ1v) is 11.6. The smallest absolute Gasteiger partial charge is 0.229 e. The molecule has 4 heterocycles. The molecule has 2 aliphatic heterocycles. The molecular weight excluding hydrogens is 449 g/mol. The van der Waals surface area contributed by atoms with E-state index in [9.17, 15) is 8.60 Å². The van der Waals surface area contributed by atoms with Crippen LogP contribution in [-0.4, -0.2) is 73.9 Å². The summed E-state index contributed by atoms with van der Waals surface area (Å²) in [6.45, 7) is 1.96. The predicted molar refractivity (Wildman–Crippen MR) is 115 cm³/mol. The van der Waals surface area contributed by atoms with Crippen LogP contribution in [0.4, 0.5) is 21.8 Å². The van der Waals surface area contributed by atoms with Gasteiger partial charge in [-0.15, -0.1) is 0 Å². The predicted octanol–water partition coefficient (Wildman–Crippen LogP) is 1.41. The Labute approximate surface area is 186 Å². The molecule has 3 N–H and O–H groups in total. The fraction of sp³-hybridized carbons (Fsp3) is 0.611. The van der Waals surface area contributed by atoms with Gasteiger partial charge in [0.1, 0.15) is 17.2 Å². The fourth-order valence-electron chi connectivity index (χ4n) is 3.56. The molecule has 0 amide bonds. The number of halogens is 2. The maximum atomic E-state index is 12.7. The molecule has 2 saturated heterocycles. The average molecular weight is 474 g/mol. The van der Waals surface area contributed by atoms with Crippen molar-refractivity contribution in [1.29, 1.82) is 0 Å². The van der Waals surface area contributed by atoms with Crippen LogP contribution in [0.2, 0.25) is 5.02 Å². The zero-order valence-corrected chi connectivity index (χ0v) is 18.7. The Hall–Kier alpha value is -1.86. The second-order valence-electron chi connectivity index (χ2n) is 7.76. The molecule has 0 saturated carbocycles. The molecule has 10 nitrogen and oxygen atoms in total. The lowest BCUT2D eigenvalue weighted by Crippen LogP contribution is -2.43. The Bertz CT molecular complexity index is 935. The topological polar surface area (TPSA) is 115 Å². The summed E-state index contributed by atoms with van der Waals surface area (Å²) in [5.74, 6) is 0.812. The van der Waals surface area contributed by atoms with Gasteiger partial charge in [0.25, 0.3) is 0 Å². The van der Waals surface area contributed by atoms with Crippen molar-refractivity contribution in [2.24, 2.45) is 13.0 Å². The fourth-order valence-corrected chi connectivity index (χ4v) is 4.95. The van der Waals surface area contributed by atoms with Crippen LogP contribution in [0, 0.1) is 5.92 Å². The minimum Gasteiger partial charge on any atom is -0.371 e. The third-order valence-corrected chi connectivity index (χ3v) is 6.78. The summed E-state index contributed by atoms with van der Waals surface area (Å²) in [6, 6.07) is -0.415. The summed E-state index contributed by atoms with van der Waals surface area (Å²) in [5, 5.41) is 10.8. The summed E-state index contributed by atoms with van der Waals surface area (Å²) in [6.07, 6.45) is 4.46. The Morgan fingerprint density at radius 1 is 1.32 bits per heavy atom. The summed E-state index contributed by atoms with van der Waals surface area (Å²) in [4.78, 5) is 8.65. The van der Waals surface area contributed by atoms with Crippen molar-refractivity contribution in [3.63, 3.8) is 0 Å². The number of rotatable bonds is 9. The molecule has 0 aromatic carbocycles. The van der Waals surface area contributed by atoms with Crippen LogP contribution in [0.5, 0.6) is 0 Å². The minimum atomic E-state index is -1.35. The van der Waals surface area contributed by atoms with Crippen molar-refractivity contribution < 1.29 is 18.1 Å². The van der Waals surface area contributed by atoms with Gasteiger partial charge < -0.3 is 20.1 Å². The molecule has 6 unspecified atom stereocenters. The van der Waals surface area contributed by atoms with E-state index in [0.29, 0.717) is 30.0 Å². The number of hydrogen-bond donors (Lipinski definition) is 3. The lowest BCUT2D eigenvalue weighted by Gasteiger charge is -2.19. The molecule has 4 rings (SSSR count). The highest BCUT2D eigenvalue weighted by Gasteiger charge is 2.48. The Morgan fingerprint density at radius 2 is 2.06 bits per heavy atom. The number of ether oxygens (including phenoxy) is 2. The summed E-state index contributed by atoms with van der Waals surface area (Å²) < 4.78 is 41.4. The number of nitrogens with zero attached hydrogens (tertiary/aromatic N) is 4. The molecule has 2 aromatic heterocycles. The number of anilines is 3. The first-order valence-electron chi connectivity index (χ1n) is 9.91. The van der Waals surface area contributed by atoms with Crippen LogP contribution in [-0.2, 0) is 27.5 Å². The van der Waals surface area contributed by atoms with Crippen LogP contribution in [0.15, 0.2) is 18.6 Å². The lowest BCUT2D eigenvalue weighted by molar-refractivity contribution is 0.0691. The Morgan fingerprint density at radius 3 is 2.77 bits per heavy atom. The van der Waals surface area contributed by atoms with Gasteiger partial charge in [0.05, 0.1) is 61.0 Å². The van der Waals surface area contributed by atoms with Gasteiger partial charge in [0, 0.05) is 19.0 Å². The van der Waals surface area contributed by atoms with Crippen molar-refractivity contribution in [3.05, 3.63) is 23.6 Å². The highest BCUT2D eigenvalue weighted by atomic mass is 35.5. The van der Waals surface area contributed by atoms with Gasteiger partial charge in [-0.05, 0) is 5.92 Å². The molecule has 170 valence electrons. The van der Waals surface area contributed by atoms with Gasteiger partial charge >= 0.3 is 0 Å². The largest absolute Gasteiger partial charge is 0.371 e. The van der Waals surface area contributed by atoms with Crippen molar-refractivity contribution in [2.45, 2.75) is 31.2 Å². The minimum absolute atomic E-state index is 0.186. The van der Waals surface area contributed by atoms with Crippen LogP contribution >= 0.6 is 11.6 Å². The number of hydrogen-bond acceptors (Lipinski definition) is 8. The standard InChI is InChI=1S/C18H25ClFN7O3S/c1-10(3-20)9-31(28)26-14-8-30-15-13(7-29-16(14)15)24-17-12(19)5-21-18(25-17)23-11-4-22-27(2)6-11/h4-6,10,13-16,26H,3,7-9H2,1-2H3,(H2,21,23,24,25). The highest BCUT2D eigenvalue weighted by molar-refractivity contribution is 7.83. The number of fused-ring (bicyclic) bond motifs is 1. The van der Waals surface area contributed by atoms with Crippen molar-refractivity contribution >= 4 is 40.0 Å². The number of aryl methyl sites for hydroxylation is 1. The maximum absolute atomic E-state index is 12.7. The summed E-state index contributed by atoms with van der Waals surface area (Å²) in [7, 11) is 0.468. The Balaban J connectivity index is 1.37. The van der Waals surface area contributed by atoms with Gasteiger partial charge in [-0.3, -0.25) is 9.07 Å². The van der Waals surface area contributed by atoms with E-state index < -0.39 is 17.7 Å². The second-order valence-corrected chi connectivity index (χ2v) is 9.43. The third kappa shape index (κ3) is 5.32. The van der Waals surface area contributed by atoms with E-state index in [1.54, 1.807) is 24.0 Å². The molecule has 2 aromatic rings. The van der Waals surface area contributed by atoms with Crippen LogP contribution in [0.1, 0.15) is 6.92 Å². The SMILES string of the molecule is CC(CF)CS(=O)NC1COC2C(Nc3nc(Nc4cnn(C)c4)ncc3Cl)COC12. The van der Waals surface area contributed by atoms with Gasteiger partial charge in [0.15, 0.2) is 5.82 Å². The molecule has 13 heteroatoms. The van der Waals surface area contributed by atoms with E-state index in [1.165, 1.54) is 6.20 Å². The number of nitrogens with one attached hydrogen (secondary N) is 3. The van der Waals surface area contributed by atoms with E-state index in [1.807, 2.05) is 7.05 Å². The zero-order valence-electron chi connectivity index (χ0n) is 17.1. The average Bonchev–Trinajstić information content (AvgIpc) is 3.43. The van der Waals surface area contributed by atoms with Gasteiger partial charge in [0.2, 0.25) is 5.95 Å². The zero-order chi connectivity index (χ0) is 22.0. The van der Waals surface area contributed by atoms with E-state index in [0.717, 1.165) is 5.69 Å². The van der Waals surface area contributed by atoms with E-state index >= 15 is 0 Å². The normalized spacial score (nSPS) is 27.1.